The van der Waals surface area contributed by atoms with Crippen molar-refractivity contribution in [3.05, 3.63) is 53.3 Å². The number of nitrogens with zero attached hydrogens (tertiary/aromatic N) is 1. The van der Waals surface area contributed by atoms with Crippen molar-refractivity contribution in [2.75, 3.05) is 10.6 Å². The number of amides is 2. The van der Waals surface area contributed by atoms with Crippen molar-refractivity contribution < 1.29 is 9.59 Å². The number of anilines is 2. The molecule has 2 N–H and O–H groups in total. The number of benzene rings is 1. The van der Waals surface area contributed by atoms with Crippen LogP contribution in [-0.4, -0.2) is 16.8 Å². The standard InChI is InChI=1S/C16H15N3O2/c1-10-2-5-13(9-17-10)18-16(21)12-3-6-14-11(8-12)4-7-15(20)19-14/h2-3,5-6,8-9H,4,7H2,1H3,(H,18,21)(H,19,20). The Hall–Kier alpha value is -2.69. The van der Waals surface area contributed by atoms with Crippen molar-refractivity contribution in [3.63, 3.8) is 0 Å². The van der Waals surface area contributed by atoms with E-state index in [4.69, 9.17) is 0 Å². The van der Waals surface area contributed by atoms with Crippen molar-refractivity contribution in [2.45, 2.75) is 19.8 Å². The van der Waals surface area contributed by atoms with E-state index in [9.17, 15) is 9.59 Å². The van der Waals surface area contributed by atoms with E-state index in [1.807, 2.05) is 25.1 Å². The number of fused-ring (bicyclic) bond motifs is 1. The highest BCUT2D eigenvalue weighted by molar-refractivity contribution is 6.05. The van der Waals surface area contributed by atoms with Crippen molar-refractivity contribution in [2.24, 2.45) is 0 Å². The van der Waals surface area contributed by atoms with Gasteiger partial charge in [-0.3, -0.25) is 14.6 Å². The lowest BCUT2D eigenvalue weighted by atomic mass is 10.00. The summed E-state index contributed by atoms with van der Waals surface area (Å²) >= 11 is 0. The molecule has 2 aromatic rings. The fourth-order valence-corrected chi connectivity index (χ4v) is 2.27. The summed E-state index contributed by atoms with van der Waals surface area (Å²) in [6.07, 6.45) is 2.75. The Morgan fingerprint density at radius 1 is 1.24 bits per heavy atom. The number of carbonyl (C=O) groups is 2. The molecule has 0 bridgehead atoms. The molecule has 0 saturated heterocycles. The van der Waals surface area contributed by atoms with E-state index in [0.717, 1.165) is 16.9 Å². The van der Waals surface area contributed by atoms with E-state index in [1.165, 1.54) is 0 Å². The average Bonchev–Trinajstić information content (AvgIpc) is 2.49. The van der Waals surface area contributed by atoms with Gasteiger partial charge in [0, 0.05) is 23.4 Å². The van der Waals surface area contributed by atoms with Gasteiger partial charge in [0.2, 0.25) is 5.91 Å². The third kappa shape index (κ3) is 2.91. The topological polar surface area (TPSA) is 71.1 Å². The van der Waals surface area contributed by atoms with Crippen molar-refractivity contribution in [1.82, 2.24) is 4.98 Å². The van der Waals surface area contributed by atoms with E-state index >= 15 is 0 Å². The lowest BCUT2D eigenvalue weighted by Gasteiger charge is -2.17. The van der Waals surface area contributed by atoms with E-state index in [0.29, 0.717) is 24.1 Å². The lowest BCUT2D eigenvalue weighted by Crippen LogP contribution is -2.20. The fourth-order valence-electron chi connectivity index (χ4n) is 2.27. The van der Waals surface area contributed by atoms with E-state index < -0.39 is 0 Å². The van der Waals surface area contributed by atoms with Crippen molar-refractivity contribution >= 4 is 23.2 Å². The van der Waals surface area contributed by atoms with Crippen LogP contribution in [0.25, 0.3) is 0 Å². The first-order valence-electron chi connectivity index (χ1n) is 6.78. The largest absolute Gasteiger partial charge is 0.326 e. The van der Waals surface area contributed by atoms with Gasteiger partial charge in [-0.1, -0.05) is 0 Å². The van der Waals surface area contributed by atoms with Gasteiger partial charge in [0.1, 0.15) is 0 Å². The smallest absolute Gasteiger partial charge is 0.255 e. The Morgan fingerprint density at radius 2 is 2.10 bits per heavy atom. The summed E-state index contributed by atoms with van der Waals surface area (Å²) in [5.74, 6) is -0.161. The molecule has 1 aromatic carbocycles. The molecule has 5 heteroatoms. The summed E-state index contributed by atoms with van der Waals surface area (Å²) in [4.78, 5) is 27.7. The van der Waals surface area contributed by atoms with Gasteiger partial charge in [-0.25, -0.2) is 0 Å². The Bertz CT molecular complexity index is 708. The van der Waals surface area contributed by atoms with Gasteiger partial charge in [0.05, 0.1) is 11.9 Å². The van der Waals surface area contributed by atoms with Crippen LogP contribution in [0.2, 0.25) is 0 Å². The molecule has 106 valence electrons. The molecule has 1 aliphatic rings. The first-order chi connectivity index (χ1) is 10.1. The van der Waals surface area contributed by atoms with Gasteiger partial charge in [-0.15, -0.1) is 0 Å². The molecule has 3 rings (SSSR count). The molecule has 2 heterocycles. The highest BCUT2D eigenvalue weighted by Gasteiger charge is 2.16. The van der Waals surface area contributed by atoms with Crippen LogP contribution >= 0.6 is 0 Å². The zero-order valence-corrected chi connectivity index (χ0v) is 11.6. The third-order valence-corrected chi connectivity index (χ3v) is 3.43. The molecular formula is C16H15N3O2. The molecule has 21 heavy (non-hydrogen) atoms. The number of hydrogen-bond acceptors (Lipinski definition) is 3. The van der Waals surface area contributed by atoms with Crippen LogP contribution in [0.1, 0.15) is 28.0 Å². The number of aryl methyl sites for hydroxylation is 2. The molecule has 5 nitrogen and oxygen atoms in total. The molecule has 0 radical (unpaired) electrons. The van der Waals surface area contributed by atoms with Crippen LogP contribution in [0.15, 0.2) is 36.5 Å². The normalized spacial score (nSPS) is 13.3. The second-order valence-corrected chi connectivity index (χ2v) is 5.06. The molecule has 1 aliphatic heterocycles. The summed E-state index contributed by atoms with van der Waals surface area (Å²) in [5, 5.41) is 5.61. The Balaban J connectivity index is 1.79. The fraction of sp³-hybridized carbons (Fsp3) is 0.188. The van der Waals surface area contributed by atoms with Crippen LogP contribution in [0.4, 0.5) is 11.4 Å². The van der Waals surface area contributed by atoms with E-state index in [1.54, 1.807) is 18.3 Å². The molecule has 1 aromatic heterocycles. The van der Waals surface area contributed by atoms with Gasteiger partial charge < -0.3 is 10.6 Å². The summed E-state index contributed by atoms with van der Waals surface area (Å²) in [6.45, 7) is 1.89. The van der Waals surface area contributed by atoms with Gasteiger partial charge >= 0.3 is 0 Å². The first-order valence-corrected chi connectivity index (χ1v) is 6.78. The quantitative estimate of drug-likeness (QED) is 0.888. The minimum atomic E-state index is -0.180. The third-order valence-electron chi connectivity index (χ3n) is 3.43. The molecule has 0 unspecified atom stereocenters. The Morgan fingerprint density at radius 3 is 2.86 bits per heavy atom. The minimum Gasteiger partial charge on any atom is -0.326 e. The van der Waals surface area contributed by atoms with Gasteiger partial charge in [0.15, 0.2) is 0 Å². The van der Waals surface area contributed by atoms with Gasteiger partial charge in [-0.05, 0) is 49.2 Å². The Kier molecular flexibility index (Phi) is 3.39. The Labute approximate surface area is 122 Å². The molecule has 2 amide bonds. The van der Waals surface area contributed by atoms with Gasteiger partial charge in [-0.2, -0.15) is 0 Å². The second-order valence-electron chi connectivity index (χ2n) is 5.06. The van der Waals surface area contributed by atoms with Crippen molar-refractivity contribution in [1.29, 1.82) is 0 Å². The molecule has 0 atom stereocenters. The molecule has 0 spiro atoms. The number of aromatic nitrogens is 1. The molecule has 0 saturated carbocycles. The van der Waals surface area contributed by atoms with Crippen LogP contribution in [0.5, 0.6) is 0 Å². The van der Waals surface area contributed by atoms with Crippen LogP contribution in [0, 0.1) is 6.92 Å². The van der Waals surface area contributed by atoms with Crippen LogP contribution in [0.3, 0.4) is 0 Å². The molecular weight excluding hydrogens is 266 g/mol. The number of pyridine rings is 1. The number of rotatable bonds is 2. The zero-order valence-electron chi connectivity index (χ0n) is 11.6. The lowest BCUT2D eigenvalue weighted by molar-refractivity contribution is -0.116. The predicted octanol–water partition coefficient (Wildman–Crippen LogP) is 2.53. The molecule has 0 fully saturated rings. The maximum atomic E-state index is 12.2. The van der Waals surface area contributed by atoms with E-state index in [-0.39, 0.29) is 11.8 Å². The SMILES string of the molecule is Cc1ccc(NC(=O)c2ccc3c(c2)CCC(=O)N3)cn1. The van der Waals surface area contributed by atoms with E-state index in [2.05, 4.69) is 15.6 Å². The van der Waals surface area contributed by atoms with Gasteiger partial charge in [0.25, 0.3) is 5.91 Å². The minimum absolute atomic E-state index is 0.0189. The summed E-state index contributed by atoms with van der Waals surface area (Å²) in [7, 11) is 0. The van der Waals surface area contributed by atoms with Crippen molar-refractivity contribution in [3.8, 4) is 0 Å². The average molecular weight is 281 g/mol. The number of carbonyl (C=O) groups excluding carboxylic acids is 2. The first kappa shape index (κ1) is 13.3. The summed E-state index contributed by atoms with van der Waals surface area (Å²) in [5.41, 5.74) is 3.92. The highest BCUT2D eigenvalue weighted by atomic mass is 16.2. The molecule has 0 aliphatic carbocycles. The van der Waals surface area contributed by atoms with Crippen LogP contribution < -0.4 is 10.6 Å². The summed E-state index contributed by atoms with van der Waals surface area (Å²) < 4.78 is 0. The monoisotopic (exact) mass is 281 g/mol. The highest BCUT2D eigenvalue weighted by Crippen LogP contribution is 2.24. The maximum Gasteiger partial charge on any atom is 0.255 e. The second kappa shape index (κ2) is 5.36. The zero-order chi connectivity index (χ0) is 14.8. The number of hydrogen-bond donors (Lipinski definition) is 2. The summed E-state index contributed by atoms with van der Waals surface area (Å²) in [6, 6.07) is 8.97. The number of nitrogens with one attached hydrogen (secondary N) is 2. The van der Waals surface area contributed by atoms with Crippen LogP contribution in [-0.2, 0) is 11.2 Å². The predicted molar refractivity (Wildman–Crippen MR) is 80.3 cm³/mol. The maximum absolute atomic E-state index is 12.2.